The number of hydrogen-bond donors (Lipinski definition) is 2. The van der Waals surface area contributed by atoms with Crippen LogP contribution in [0.3, 0.4) is 0 Å². The second-order valence-electron chi connectivity index (χ2n) is 6.69. The highest BCUT2D eigenvalue weighted by molar-refractivity contribution is 7.91. The van der Waals surface area contributed by atoms with Crippen molar-refractivity contribution < 1.29 is 22.7 Å². The second-order valence-corrected chi connectivity index (χ2v) is 8.82. The summed E-state index contributed by atoms with van der Waals surface area (Å²) in [5, 5.41) is 3.88. The van der Waals surface area contributed by atoms with Gasteiger partial charge in [0, 0.05) is 32.1 Å². The predicted molar refractivity (Wildman–Crippen MR) is 106 cm³/mol. The molecular formula is C20H23N3O5S. The fourth-order valence-electron chi connectivity index (χ4n) is 3.11. The van der Waals surface area contributed by atoms with Gasteiger partial charge in [0.25, 0.3) is 0 Å². The van der Waals surface area contributed by atoms with Crippen LogP contribution in [-0.2, 0) is 24.2 Å². The molecule has 0 spiro atoms. The number of aromatic nitrogens is 1. The number of nitrogens with zero attached hydrogens (tertiary/aromatic N) is 1. The highest BCUT2D eigenvalue weighted by Gasteiger charge is 2.30. The van der Waals surface area contributed by atoms with Crippen molar-refractivity contribution in [1.29, 1.82) is 0 Å². The Morgan fingerprint density at radius 2 is 1.86 bits per heavy atom. The average molecular weight is 417 g/mol. The van der Waals surface area contributed by atoms with E-state index in [1.807, 2.05) is 0 Å². The quantitative estimate of drug-likeness (QED) is 0.650. The molecule has 1 aromatic carbocycles. The predicted octanol–water partition coefficient (Wildman–Crippen LogP) is 1.01. The van der Waals surface area contributed by atoms with Gasteiger partial charge in [-0.1, -0.05) is 24.3 Å². The van der Waals surface area contributed by atoms with E-state index in [-0.39, 0.29) is 24.1 Å². The summed E-state index contributed by atoms with van der Waals surface area (Å²) in [6.45, 7) is 0.645. The van der Waals surface area contributed by atoms with Crippen molar-refractivity contribution >= 4 is 21.7 Å². The number of sulfone groups is 1. The summed E-state index contributed by atoms with van der Waals surface area (Å²) in [6, 6.07) is 11.2. The highest BCUT2D eigenvalue weighted by Crippen LogP contribution is 2.27. The minimum atomic E-state index is -3.81. The van der Waals surface area contributed by atoms with Crippen LogP contribution in [0.2, 0.25) is 0 Å². The summed E-state index contributed by atoms with van der Waals surface area (Å²) in [5.41, 5.74) is 0.427. The molecule has 3 rings (SSSR count). The molecule has 1 aliphatic rings. The largest absolute Gasteiger partial charge is 0.376 e. The standard InChI is InChI=1S/C20H23N3O5S/c24-19(22-13-16-7-5-11-28-16)20(25)23-14-18(15-6-4-10-21-12-15)29(26,27)17-8-2-1-3-9-17/h1-4,6,8-10,12,16,18H,5,7,11,13-14H2,(H,22,24)(H,23,25)/t16-,18+/m1/s1. The van der Waals surface area contributed by atoms with Crippen LogP contribution in [0, 0.1) is 0 Å². The fourth-order valence-corrected chi connectivity index (χ4v) is 4.77. The molecule has 2 N–H and O–H groups in total. The topological polar surface area (TPSA) is 114 Å². The van der Waals surface area contributed by atoms with Crippen LogP contribution in [0.1, 0.15) is 23.7 Å². The maximum absolute atomic E-state index is 13.1. The van der Waals surface area contributed by atoms with Gasteiger partial charge in [0.1, 0.15) is 5.25 Å². The lowest BCUT2D eigenvalue weighted by molar-refractivity contribution is -0.139. The van der Waals surface area contributed by atoms with Crippen LogP contribution >= 0.6 is 0 Å². The van der Waals surface area contributed by atoms with Gasteiger partial charge in [0.2, 0.25) is 0 Å². The smallest absolute Gasteiger partial charge is 0.309 e. The lowest BCUT2D eigenvalue weighted by Crippen LogP contribution is -2.44. The van der Waals surface area contributed by atoms with Crippen molar-refractivity contribution in [2.24, 2.45) is 0 Å². The summed E-state index contributed by atoms with van der Waals surface area (Å²) in [6.07, 6.45) is 4.65. The Balaban J connectivity index is 1.69. The molecule has 29 heavy (non-hydrogen) atoms. The lowest BCUT2D eigenvalue weighted by Gasteiger charge is -2.19. The van der Waals surface area contributed by atoms with Gasteiger partial charge in [-0.3, -0.25) is 14.6 Å². The molecule has 0 bridgehead atoms. The molecule has 154 valence electrons. The number of pyridine rings is 1. The van der Waals surface area contributed by atoms with Crippen molar-refractivity contribution in [3.8, 4) is 0 Å². The Morgan fingerprint density at radius 1 is 1.10 bits per heavy atom. The highest BCUT2D eigenvalue weighted by atomic mass is 32.2. The van der Waals surface area contributed by atoms with Gasteiger partial charge >= 0.3 is 11.8 Å². The first-order valence-corrected chi connectivity index (χ1v) is 10.9. The van der Waals surface area contributed by atoms with Gasteiger partial charge in [-0.2, -0.15) is 0 Å². The maximum Gasteiger partial charge on any atom is 0.309 e. The Kier molecular flexibility index (Phi) is 6.95. The third-order valence-electron chi connectivity index (χ3n) is 4.67. The second kappa shape index (κ2) is 9.62. The van der Waals surface area contributed by atoms with Gasteiger partial charge in [-0.15, -0.1) is 0 Å². The van der Waals surface area contributed by atoms with Gasteiger partial charge in [-0.25, -0.2) is 8.42 Å². The third kappa shape index (κ3) is 5.39. The molecule has 0 unspecified atom stereocenters. The monoisotopic (exact) mass is 417 g/mol. The molecule has 1 aliphatic heterocycles. The average Bonchev–Trinajstić information content (AvgIpc) is 3.27. The number of rotatable bonds is 7. The van der Waals surface area contributed by atoms with Crippen LogP contribution in [0.15, 0.2) is 59.8 Å². The molecule has 2 aromatic rings. The van der Waals surface area contributed by atoms with E-state index in [0.29, 0.717) is 12.2 Å². The van der Waals surface area contributed by atoms with E-state index in [0.717, 1.165) is 12.8 Å². The Labute approximate surface area is 169 Å². The van der Waals surface area contributed by atoms with Crippen molar-refractivity contribution in [3.05, 3.63) is 60.4 Å². The number of carbonyl (C=O) groups excluding carboxylic acids is 2. The SMILES string of the molecule is O=C(NC[C@H]1CCCO1)C(=O)NC[C@@H](c1cccnc1)S(=O)(=O)c1ccccc1. The summed E-state index contributed by atoms with van der Waals surface area (Å²) in [4.78, 5) is 28.3. The molecule has 9 heteroatoms. The summed E-state index contributed by atoms with van der Waals surface area (Å²) >= 11 is 0. The molecule has 2 amide bonds. The molecule has 0 aliphatic carbocycles. The van der Waals surface area contributed by atoms with E-state index >= 15 is 0 Å². The van der Waals surface area contributed by atoms with Crippen LogP contribution < -0.4 is 10.6 Å². The molecule has 2 atom stereocenters. The number of nitrogens with one attached hydrogen (secondary N) is 2. The zero-order chi connectivity index (χ0) is 20.7. The zero-order valence-electron chi connectivity index (χ0n) is 15.8. The fraction of sp³-hybridized carbons (Fsp3) is 0.350. The maximum atomic E-state index is 13.1. The summed E-state index contributed by atoms with van der Waals surface area (Å²) in [7, 11) is -3.81. The van der Waals surface area contributed by atoms with E-state index in [1.165, 1.54) is 24.5 Å². The minimum absolute atomic E-state index is 0.0895. The summed E-state index contributed by atoms with van der Waals surface area (Å²) in [5.74, 6) is -1.71. The van der Waals surface area contributed by atoms with Crippen LogP contribution in [-0.4, -0.2) is 51.0 Å². The van der Waals surface area contributed by atoms with E-state index in [4.69, 9.17) is 4.74 Å². The Hall–Kier alpha value is -2.78. The number of carbonyl (C=O) groups is 2. The number of amides is 2. The van der Waals surface area contributed by atoms with E-state index in [9.17, 15) is 18.0 Å². The van der Waals surface area contributed by atoms with Crippen LogP contribution in [0.25, 0.3) is 0 Å². The number of benzene rings is 1. The Morgan fingerprint density at radius 3 is 2.52 bits per heavy atom. The van der Waals surface area contributed by atoms with Gasteiger partial charge in [0.05, 0.1) is 11.0 Å². The van der Waals surface area contributed by atoms with E-state index in [1.54, 1.807) is 30.3 Å². The van der Waals surface area contributed by atoms with Crippen molar-refractivity contribution in [1.82, 2.24) is 15.6 Å². The first-order chi connectivity index (χ1) is 14.0. The zero-order valence-corrected chi connectivity index (χ0v) is 16.6. The normalized spacial score (nSPS) is 17.4. The summed E-state index contributed by atoms with van der Waals surface area (Å²) < 4.78 is 31.6. The minimum Gasteiger partial charge on any atom is -0.376 e. The third-order valence-corrected chi connectivity index (χ3v) is 6.79. The first-order valence-electron chi connectivity index (χ1n) is 9.35. The van der Waals surface area contributed by atoms with Crippen LogP contribution in [0.5, 0.6) is 0 Å². The van der Waals surface area contributed by atoms with Gasteiger partial charge in [0.15, 0.2) is 9.84 Å². The molecule has 0 radical (unpaired) electrons. The van der Waals surface area contributed by atoms with Crippen molar-refractivity contribution in [3.63, 3.8) is 0 Å². The van der Waals surface area contributed by atoms with Crippen LogP contribution in [0.4, 0.5) is 0 Å². The molecule has 8 nitrogen and oxygen atoms in total. The molecule has 0 saturated carbocycles. The molecular weight excluding hydrogens is 394 g/mol. The number of ether oxygens (including phenoxy) is 1. The number of hydrogen-bond acceptors (Lipinski definition) is 6. The molecule has 1 aromatic heterocycles. The van der Waals surface area contributed by atoms with Gasteiger partial charge < -0.3 is 15.4 Å². The molecule has 2 heterocycles. The molecule has 1 saturated heterocycles. The molecule has 1 fully saturated rings. The first kappa shape index (κ1) is 20.9. The van der Waals surface area contributed by atoms with E-state index < -0.39 is 26.9 Å². The van der Waals surface area contributed by atoms with Crippen molar-refractivity contribution in [2.75, 3.05) is 19.7 Å². The lowest BCUT2D eigenvalue weighted by atomic mass is 10.2. The Bertz CT molecular complexity index is 929. The van der Waals surface area contributed by atoms with Gasteiger partial charge in [-0.05, 0) is 36.6 Å². The van der Waals surface area contributed by atoms with Crippen molar-refractivity contribution in [2.45, 2.75) is 29.1 Å². The van der Waals surface area contributed by atoms with E-state index in [2.05, 4.69) is 15.6 Å².